The Kier molecular flexibility index (Phi) is 5.27. The highest BCUT2D eigenvalue weighted by Crippen LogP contribution is 2.33. The molecule has 0 saturated heterocycles. The van der Waals surface area contributed by atoms with Crippen molar-refractivity contribution in [2.24, 2.45) is 0 Å². The van der Waals surface area contributed by atoms with Gasteiger partial charge in [-0.15, -0.1) is 0 Å². The number of para-hydroxylation sites is 1. The molecule has 0 saturated carbocycles. The quantitative estimate of drug-likeness (QED) is 0.811. The van der Waals surface area contributed by atoms with Gasteiger partial charge in [0.05, 0.1) is 12.3 Å². The van der Waals surface area contributed by atoms with Crippen molar-refractivity contribution in [2.45, 2.75) is 45.6 Å². The summed E-state index contributed by atoms with van der Waals surface area (Å²) in [6, 6.07) is 6.00. The monoisotopic (exact) mass is 277 g/mol. The molecule has 1 aromatic carbocycles. The topological polar surface area (TPSA) is 47.6 Å². The first-order chi connectivity index (χ1) is 9.76. The van der Waals surface area contributed by atoms with Gasteiger partial charge in [0.1, 0.15) is 5.75 Å². The Morgan fingerprint density at radius 1 is 1.40 bits per heavy atom. The van der Waals surface area contributed by atoms with Crippen LogP contribution >= 0.6 is 0 Å². The molecule has 1 aliphatic rings. The molecule has 1 aliphatic heterocycles. The van der Waals surface area contributed by atoms with Crippen LogP contribution in [0.1, 0.15) is 38.7 Å². The lowest BCUT2D eigenvalue weighted by Gasteiger charge is -2.24. The van der Waals surface area contributed by atoms with E-state index in [1.807, 2.05) is 26.0 Å². The van der Waals surface area contributed by atoms with Crippen molar-refractivity contribution in [1.82, 2.24) is 0 Å². The van der Waals surface area contributed by atoms with E-state index < -0.39 is 6.10 Å². The smallest absolute Gasteiger partial charge is 0.347 e. The Morgan fingerprint density at radius 2 is 2.25 bits per heavy atom. The Labute approximate surface area is 120 Å². The largest absolute Gasteiger partial charge is 0.477 e. The zero-order valence-corrected chi connectivity index (χ0v) is 12.3. The van der Waals surface area contributed by atoms with Gasteiger partial charge in [0.15, 0.2) is 6.10 Å². The molecule has 0 bridgehead atoms. The number of carbonyl (C=O) groups is 1. The normalized spacial score (nSPS) is 14.9. The molecule has 0 aliphatic carbocycles. The first-order valence-corrected chi connectivity index (χ1v) is 7.45. The number of fused-ring (bicyclic) bond motifs is 1. The van der Waals surface area contributed by atoms with E-state index in [4.69, 9.17) is 9.47 Å². The second-order valence-electron chi connectivity index (χ2n) is 4.97. The number of aryl methyl sites for hydroxylation is 1. The molecule has 1 heterocycles. The van der Waals surface area contributed by atoms with Gasteiger partial charge in [0.2, 0.25) is 0 Å². The fourth-order valence-electron chi connectivity index (χ4n) is 2.45. The molecule has 0 amide bonds. The van der Waals surface area contributed by atoms with Crippen LogP contribution < -0.4 is 10.1 Å². The maximum absolute atomic E-state index is 11.9. The zero-order chi connectivity index (χ0) is 14.4. The fraction of sp³-hybridized carbons (Fsp3) is 0.562. The van der Waals surface area contributed by atoms with E-state index in [2.05, 4.69) is 11.4 Å². The van der Waals surface area contributed by atoms with Crippen LogP contribution in [-0.4, -0.2) is 25.2 Å². The van der Waals surface area contributed by atoms with Gasteiger partial charge in [0.25, 0.3) is 0 Å². The van der Waals surface area contributed by atoms with E-state index in [1.165, 1.54) is 5.56 Å². The number of rotatable bonds is 6. The molecule has 1 unspecified atom stereocenters. The number of hydrogen-bond donors (Lipinski definition) is 1. The zero-order valence-electron chi connectivity index (χ0n) is 12.3. The highest BCUT2D eigenvalue weighted by atomic mass is 16.6. The summed E-state index contributed by atoms with van der Waals surface area (Å²) in [6.45, 7) is 5.18. The predicted molar refractivity (Wildman–Crippen MR) is 79.2 cm³/mol. The lowest BCUT2D eigenvalue weighted by Crippen LogP contribution is -2.30. The molecule has 0 spiro atoms. The van der Waals surface area contributed by atoms with Crippen molar-refractivity contribution >= 4 is 11.7 Å². The van der Waals surface area contributed by atoms with Gasteiger partial charge in [-0.25, -0.2) is 4.79 Å². The summed E-state index contributed by atoms with van der Waals surface area (Å²) in [5.41, 5.74) is 2.29. The molecule has 1 aromatic rings. The lowest BCUT2D eigenvalue weighted by atomic mass is 10.0. The Balaban J connectivity index is 2.16. The molecule has 110 valence electrons. The Hall–Kier alpha value is -1.71. The second kappa shape index (κ2) is 7.17. The molecule has 2 rings (SSSR count). The molecule has 4 nitrogen and oxygen atoms in total. The number of hydrogen-bond acceptors (Lipinski definition) is 4. The standard InChI is InChI=1S/C16H23NO3/c1-3-7-14(16(18)19-4-2)20-13-10-5-8-12-9-6-11-17-15(12)13/h5,8,10,14,17H,3-4,6-7,9,11H2,1-2H3. The summed E-state index contributed by atoms with van der Waals surface area (Å²) in [5.74, 6) is 0.483. The fourth-order valence-corrected chi connectivity index (χ4v) is 2.45. The van der Waals surface area contributed by atoms with Crippen molar-refractivity contribution in [3.8, 4) is 5.75 Å². The summed E-state index contributed by atoms with van der Waals surface area (Å²) in [6.07, 6.45) is 3.22. The van der Waals surface area contributed by atoms with E-state index in [9.17, 15) is 4.79 Å². The number of esters is 1. The average Bonchev–Trinajstić information content (AvgIpc) is 2.47. The van der Waals surface area contributed by atoms with Gasteiger partial charge in [0, 0.05) is 6.54 Å². The van der Waals surface area contributed by atoms with Crippen LogP contribution in [0.4, 0.5) is 5.69 Å². The highest BCUT2D eigenvalue weighted by molar-refractivity contribution is 5.75. The SMILES string of the molecule is CCCC(Oc1cccc2c1NCCC2)C(=O)OCC. The van der Waals surface area contributed by atoms with E-state index >= 15 is 0 Å². The van der Waals surface area contributed by atoms with Gasteiger partial charge in [-0.1, -0.05) is 25.5 Å². The van der Waals surface area contributed by atoms with Crippen molar-refractivity contribution in [2.75, 3.05) is 18.5 Å². The minimum Gasteiger partial charge on any atom is -0.477 e. The second-order valence-corrected chi connectivity index (χ2v) is 4.97. The molecule has 0 fully saturated rings. The number of carbonyl (C=O) groups excluding carboxylic acids is 1. The van der Waals surface area contributed by atoms with Crippen molar-refractivity contribution in [3.63, 3.8) is 0 Å². The number of ether oxygens (including phenoxy) is 2. The van der Waals surface area contributed by atoms with Crippen LogP contribution in [0.2, 0.25) is 0 Å². The minimum absolute atomic E-state index is 0.275. The molecule has 4 heteroatoms. The van der Waals surface area contributed by atoms with Crippen LogP contribution in [0.5, 0.6) is 5.75 Å². The van der Waals surface area contributed by atoms with Crippen LogP contribution in [0.3, 0.4) is 0 Å². The Morgan fingerprint density at radius 3 is 3.00 bits per heavy atom. The van der Waals surface area contributed by atoms with E-state index in [-0.39, 0.29) is 5.97 Å². The third-order valence-electron chi connectivity index (χ3n) is 3.41. The third kappa shape index (κ3) is 3.44. The van der Waals surface area contributed by atoms with Crippen LogP contribution in [0.25, 0.3) is 0 Å². The van der Waals surface area contributed by atoms with E-state index in [0.717, 1.165) is 37.2 Å². The molecular formula is C16H23NO3. The molecule has 1 N–H and O–H groups in total. The van der Waals surface area contributed by atoms with Crippen molar-refractivity contribution < 1.29 is 14.3 Å². The highest BCUT2D eigenvalue weighted by Gasteiger charge is 2.23. The number of anilines is 1. The van der Waals surface area contributed by atoms with E-state index in [0.29, 0.717) is 13.0 Å². The summed E-state index contributed by atoms with van der Waals surface area (Å²) in [7, 11) is 0. The molecule has 1 atom stereocenters. The minimum atomic E-state index is -0.518. The van der Waals surface area contributed by atoms with Gasteiger partial charge in [-0.05, 0) is 37.8 Å². The first kappa shape index (κ1) is 14.7. The van der Waals surface area contributed by atoms with E-state index in [1.54, 1.807) is 0 Å². The predicted octanol–water partition coefficient (Wildman–Crippen LogP) is 3.16. The van der Waals surface area contributed by atoms with Crippen LogP contribution in [0, 0.1) is 0 Å². The summed E-state index contributed by atoms with van der Waals surface area (Å²) < 4.78 is 11.0. The third-order valence-corrected chi connectivity index (χ3v) is 3.41. The summed E-state index contributed by atoms with van der Waals surface area (Å²) in [5, 5.41) is 3.37. The van der Waals surface area contributed by atoms with Gasteiger partial charge < -0.3 is 14.8 Å². The number of benzene rings is 1. The first-order valence-electron chi connectivity index (χ1n) is 7.45. The summed E-state index contributed by atoms with van der Waals surface area (Å²) in [4.78, 5) is 11.9. The average molecular weight is 277 g/mol. The maximum atomic E-state index is 11.9. The molecular weight excluding hydrogens is 254 g/mol. The van der Waals surface area contributed by atoms with Crippen LogP contribution in [-0.2, 0) is 16.0 Å². The molecule has 0 radical (unpaired) electrons. The number of nitrogens with one attached hydrogen (secondary N) is 1. The van der Waals surface area contributed by atoms with Crippen LogP contribution in [0.15, 0.2) is 18.2 Å². The van der Waals surface area contributed by atoms with Gasteiger partial charge in [-0.3, -0.25) is 0 Å². The van der Waals surface area contributed by atoms with Gasteiger partial charge >= 0.3 is 5.97 Å². The molecule has 20 heavy (non-hydrogen) atoms. The molecule has 0 aromatic heterocycles. The summed E-state index contributed by atoms with van der Waals surface area (Å²) >= 11 is 0. The van der Waals surface area contributed by atoms with Crippen molar-refractivity contribution in [1.29, 1.82) is 0 Å². The Bertz CT molecular complexity index is 459. The van der Waals surface area contributed by atoms with Gasteiger partial charge in [-0.2, -0.15) is 0 Å². The van der Waals surface area contributed by atoms with Crippen molar-refractivity contribution in [3.05, 3.63) is 23.8 Å². The lowest BCUT2D eigenvalue weighted by molar-refractivity contribution is -0.151. The maximum Gasteiger partial charge on any atom is 0.347 e.